The molecular weight excluding hydrogens is 385 g/mol. The van der Waals surface area contributed by atoms with Crippen LogP contribution in [-0.4, -0.2) is 25.5 Å². The fourth-order valence-electron chi connectivity index (χ4n) is 3.29. The maximum Gasteiger partial charge on any atom is 0.272 e. The SMILES string of the molecule is CC(C)[C@H](NC(=O)c1ccccc1F)c1cc(=O)n2[nH]c(-c3cccnc3)cc2n1. The largest absolute Gasteiger partial charge is 0.343 e. The Balaban J connectivity index is 1.71. The molecule has 1 amide bonds. The molecular formula is C22H20FN5O2. The van der Waals surface area contributed by atoms with E-state index in [2.05, 4.69) is 20.4 Å². The van der Waals surface area contributed by atoms with Gasteiger partial charge in [0.2, 0.25) is 0 Å². The van der Waals surface area contributed by atoms with E-state index in [9.17, 15) is 14.0 Å². The Bertz CT molecular complexity index is 1260. The molecule has 1 atom stereocenters. The van der Waals surface area contributed by atoms with Crippen LogP contribution in [-0.2, 0) is 0 Å². The summed E-state index contributed by atoms with van der Waals surface area (Å²) >= 11 is 0. The highest BCUT2D eigenvalue weighted by atomic mass is 19.1. The summed E-state index contributed by atoms with van der Waals surface area (Å²) in [5.41, 5.74) is 1.98. The highest BCUT2D eigenvalue weighted by Crippen LogP contribution is 2.22. The van der Waals surface area contributed by atoms with Crippen molar-refractivity contribution in [3.63, 3.8) is 0 Å². The van der Waals surface area contributed by atoms with Gasteiger partial charge in [0, 0.05) is 30.1 Å². The lowest BCUT2D eigenvalue weighted by Crippen LogP contribution is -2.34. The summed E-state index contributed by atoms with van der Waals surface area (Å²) in [6.07, 6.45) is 3.35. The van der Waals surface area contributed by atoms with Crippen molar-refractivity contribution >= 4 is 11.6 Å². The van der Waals surface area contributed by atoms with Crippen LogP contribution in [0.3, 0.4) is 0 Å². The van der Waals surface area contributed by atoms with E-state index in [1.54, 1.807) is 30.6 Å². The fraction of sp³-hybridized carbons (Fsp3) is 0.182. The minimum absolute atomic E-state index is 0.0542. The number of halogens is 1. The van der Waals surface area contributed by atoms with Crippen molar-refractivity contribution in [3.8, 4) is 11.3 Å². The van der Waals surface area contributed by atoms with Gasteiger partial charge in [-0.05, 0) is 30.2 Å². The molecule has 0 unspecified atom stereocenters. The zero-order valence-electron chi connectivity index (χ0n) is 16.5. The second kappa shape index (κ2) is 7.90. The minimum atomic E-state index is -0.604. The highest BCUT2D eigenvalue weighted by molar-refractivity contribution is 5.94. The number of aromatic nitrogens is 4. The first-order valence-electron chi connectivity index (χ1n) is 9.52. The number of amides is 1. The summed E-state index contributed by atoms with van der Waals surface area (Å²) in [6.45, 7) is 3.79. The molecule has 0 radical (unpaired) electrons. The van der Waals surface area contributed by atoms with Crippen LogP contribution in [0.4, 0.5) is 4.39 Å². The molecule has 0 saturated heterocycles. The van der Waals surface area contributed by atoms with E-state index in [4.69, 9.17) is 0 Å². The van der Waals surface area contributed by atoms with E-state index in [1.807, 2.05) is 19.9 Å². The number of nitrogens with one attached hydrogen (secondary N) is 2. The average molecular weight is 405 g/mol. The molecule has 3 heterocycles. The fourth-order valence-corrected chi connectivity index (χ4v) is 3.29. The molecule has 3 aromatic heterocycles. The maximum absolute atomic E-state index is 14.0. The standard InChI is InChI=1S/C22H20FN5O2/c1-13(2)21(26-22(30)15-7-3-4-8-16(15)23)18-11-20(29)28-19(25-18)10-17(27-28)14-6-5-9-24-12-14/h3-13,21,27H,1-2H3,(H,26,30)/t21-/m0/s1. The molecule has 0 spiro atoms. The van der Waals surface area contributed by atoms with E-state index in [-0.39, 0.29) is 17.0 Å². The molecule has 8 heteroatoms. The zero-order chi connectivity index (χ0) is 21.3. The summed E-state index contributed by atoms with van der Waals surface area (Å²) in [5, 5.41) is 5.82. The van der Waals surface area contributed by atoms with Gasteiger partial charge in [-0.15, -0.1) is 0 Å². The van der Waals surface area contributed by atoms with Crippen LogP contribution in [0.1, 0.15) is 35.9 Å². The summed E-state index contributed by atoms with van der Waals surface area (Å²) in [4.78, 5) is 34.0. The molecule has 0 saturated carbocycles. The normalized spacial score (nSPS) is 12.3. The molecule has 0 fully saturated rings. The van der Waals surface area contributed by atoms with Gasteiger partial charge in [-0.25, -0.2) is 13.9 Å². The van der Waals surface area contributed by atoms with Crippen LogP contribution in [0.2, 0.25) is 0 Å². The number of fused-ring (bicyclic) bond motifs is 1. The second-order valence-electron chi connectivity index (χ2n) is 7.30. The van der Waals surface area contributed by atoms with Crippen molar-refractivity contribution in [2.45, 2.75) is 19.9 Å². The van der Waals surface area contributed by atoms with Crippen LogP contribution in [0.25, 0.3) is 16.9 Å². The number of H-pyrrole nitrogens is 1. The van der Waals surface area contributed by atoms with Gasteiger partial charge in [0.05, 0.1) is 23.0 Å². The molecule has 2 N–H and O–H groups in total. The molecule has 4 aromatic rings. The Morgan fingerprint density at radius 3 is 2.67 bits per heavy atom. The Morgan fingerprint density at radius 2 is 1.97 bits per heavy atom. The van der Waals surface area contributed by atoms with Gasteiger partial charge in [-0.3, -0.25) is 19.7 Å². The summed E-state index contributed by atoms with van der Waals surface area (Å²) in [5.74, 6) is -1.24. The van der Waals surface area contributed by atoms with Crippen LogP contribution in [0, 0.1) is 11.7 Å². The molecule has 1 aromatic carbocycles. The minimum Gasteiger partial charge on any atom is -0.343 e. The third kappa shape index (κ3) is 3.71. The third-order valence-electron chi connectivity index (χ3n) is 4.83. The van der Waals surface area contributed by atoms with E-state index in [0.29, 0.717) is 17.0 Å². The van der Waals surface area contributed by atoms with Crippen molar-refractivity contribution in [1.82, 2.24) is 24.9 Å². The number of nitrogens with zero attached hydrogens (tertiary/aromatic N) is 3. The first-order chi connectivity index (χ1) is 14.4. The topological polar surface area (TPSA) is 92.2 Å². The lowest BCUT2D eigenvalue weighted by Gasteiger charge is -2.22. The van der Waals surface area contributed by atoms with E-state index in [0.717, 1.165) is 5.56 Å². The van der Waals surface area contributed by atoms with Gasteiger partial charge < -0.3 is 5.32 Å². The predicted molar refractivity (Wildman–Crippen MR) is 110 cm³/mol. The predicted octanol–water partition coefficient (Wildman–Crippen LogP) is 3.35. The molecule has 7 nitrogen and oxygen atoms in total. The molecule has 0 bridgehead atoms. The number of carbonyl (C=O) groups is 1. The van der Waals surface area contributed by atoms with Crippen LogP contribution >= 0.6 is 0 Å². The monoisotopic (exact) mass is 405 g/mol. The molecule has 4 rings (SSSR count). The number of carbonyl (C=O) groups excluding carboxylic acids is 1. The second-order valence-corrected chi connectivity index (χ2v) is 7.30. The smallest absolute Gasteiger partial charge is 0.272 e. The quantitative estimate of drug-likeness (QED) is 0.533. The lowest BCUT2D eigenvalue weighted by molar-refractivity contribution is 0.0920. The van der Waals surface area contributed by atoms with Crippen molar-refractivity contribution in [2.75, 3.05) is 0 Å². The van der Waals surface area contributed by atoms with Gasteiger partial charge in [0.1, 0.15) is 5.82 Å². The van der Waals surface area contributed by atoms with Crippen LogP contribution in [0.5, 0.6) is 0 Å². The number of aromatic amines is 1. The van der Waals surface area contributed by atoms with E-state index < -0.39 is 17.8 Å². The van der Waals surface area contributed by atoms with Crippen LogP contribution < -0.4 is 10.9 Å². The van der Waals surface area contributed by atoms with E-state index in [1.165, 1.54) is 28.8 Å². The molecule has 152 valence electrons. The summed E-state index contributed by atoms with van der Waals surface area (Å²) in [7, 11) is 0. The Hall–Kier alpha value is -3.81. The van der Waals surface area contributed by atoms with Gasteiger partial charge >= 0.3 is 0 Å². The summed E-state index contributed by atoms with van der Waals surface area (Å²) < 4.78 is 15.3. The van der Waals surface area contributed by atoms with Gasteiger partial charge in [0.25, 0.3) is 11.5 Å². The highest BCUT2D eigenvalue weighted by Gasteiger charge is 2.23. The molecule has 0 aliphatic carbocycles. The summed E-state index contributed by atoms with van der Waals surface area (Å²) in [6, 6.07) is 12.0. The number of rotatable bonds is 5. The molecule has 30 heavy (non-hydrogen) atoms. The third-order valence-corrected chi connectivity index (χ3v) is 4.83. The molecule has 0 aliphatic heterocycles. The Kier molecular flexibility index (Phi) is 5.14. The number of hydrogen-bond acceptors (Lipinski definition) is 4. The van der Waals surface area contributed by atoms with Crippen molar-refractivity contribution in [2.24, 2.45) is 5.92 Å². The van der Waals surface area contributed by atoms with Gasteiger partial charge in [-0.1, -0.05) is 26.0 Å². The Morgan fingerprint density at radius 1 is 1.17 bits per heavy atom. The number of hydrogen-bond donors (Lipinski definition) is 2. The lowest BCUT2D eigenvalue weighted by atomic mass is 10.00. The zero-order valence-corrected chi connectivity index (χ0v) is 16.5. The molecule has 0 aliphatic rings. The average Bonchev–Trinajstić information content (AvgIpc) is 3.17. The van der Waals surface area contributed by atoms with Gasteiger partial charge in [-0.2, -0.15) is 0 Å². The van der Waals surface area contributed by atoms with Crippen LogP contribution in [0.15, 0.2) is 65.7 Å². The van der Waals surface area contributed by atoms with Crippen molar-refractivity contribution < 1.29 is 9.18 Å². The van der Waals surface area contributed by atoms with Gasteiger partial charge in [0.15, 0.2) is 5.65 Å². The number of benzene rings is 1. The van der Waals surface area contributed by atoms with Crippen molar-refractivity contribution in [3.05, 3.63) is 88.4 Å². The Labute approximate surface area is 171 Å². The number of pyridine rings is 1. The maximum atomic E-state index is 14.0. The first kappa shape index (κ1) is 19.5. The van der Waals surface area contributed by atoms with Crippen molar-refractivity contribution in [1.29, 1.82) is 0 Å². The van der Waals surface area contributed by atoms with E-state index >= 15 is 0 Å². The first-order valence-corrected chi connectivity index (χ1v) is 9.52.